The van der Waals surface area contributed by atoms with Gasteiger partial charge in [0.15, 0.2) is 5.57 Å². The Kier molecular flexibility index (Phi) is 6.24. The molecule has 0 unspecified atom stereocenters. The van der Waals surface area contributed by atoms with Gasteiger partial charge in [-0.05, 0) is 43.5 Å². The number of methoxy groups -OCH3 is 1. The monoisotopic (exact) mass is 445 g/mol. The molecule has 4 rings (SSSR count). The second kappa shape index (κ2) is 9.25. The van der Waals surface area contributed by atoms with E-state index in [1.807, 2.05) is 37.3 Å². The summed E-state index contributed by atoms with van der Waals surface area (Å²) in [5.74, 6) is 0.151. The standard InChI is InChI=1S/C25H23N3O3S/c1-17-9-11-18(12-10-17)15-22-24(30)28(20-7-3-4-8-21(20)31-2)25(32-22)19(16-26)23(29)27-13-5-6-14-27/h3-4,7-12,15H,5-6,13-14H2,1-2H3/b22-15+,25-19-. The highest BCUT2D eigenvalue weighted by Crippen LogP contribution is 2.20. The van der Waals surface area contributed by atoms with Gasteiger partial charge in [0.2, 0.25) is 0 Å². The summed E-state index contributed by atoms with van der Waals surface area (Å²) in [4.78, 5) is 28.4. The Morgan fingerprint density at radius 2 is 1.81 bits per heavy atom. The van der Waals surface area contributed by atoms with Crippen LogP contribution in [0.25, 0.3) is 17.3 Å². The number of amides is 1. The lowest BCUT2D eigenvalue weighted by Gasteiger charge is -2.14. The first-order valence-electron chi connectivity index (χ1n) is 10.4. The van der Waals surface area contributed by atoms with Crippen LogP contribution in [-0.2, 0) is 4.79 Å². The Balaban J connectivity index is 2.04. The van der Waals surface area contributed by atoms with E-state index in [4.69, 9.17) is 4.74 Å². The summed E-state index contributed by atoms with van der Waals surface area (Å²) in [5.41, 5.74) is 2.17. The number of benzene rings is 2. The molecular weight excluding hydrogens is 422 g/mol. The number of ether oxygens (including phenoxy) is 1. The van der Waals surface area contributed by atoms with Gasteiger partial charge in [0, 0.05) is 13.1 Å². The summed E-state index contributed by atoms with van der Waals surface area (Å²) in [5, 5.41) is 9.94. The average Bonchev–Trinajstić information content (AvgIpc) is 3.45. The minimum Gasteiger partial charge on any atom is -0.495 e. The van der Waals surface area contributed by atoms with Gasteiger partial charge in [-0.25, -0.2) is 0 Å². The number of rotatable bonds is 4. The average molecular weight is 446 g/mol. The van der Waals surface area contributed by atoms with Crippen LogP contribution in [0.15, 0.2) is 53.3 Å². The zero-order valence-corrected chi connectivity index (χ0v) is 18.8. The van der Waals surface area contributed by atoms with E-state index in [2.05, 4.69) is 6.07 Å². The minimum absolute atomic E-state index is 0.0246. The third kappa shape index (κ3) is 4.10. The largest absolute Gasteiger partial charge is 0.495 e. The number of nitriles is 1. The molecule has 1 saturated heterocycles. The van der Waals surface area contributed by atoms with Crippen LogP contribution in [-0.4, -0.2) is 35.6 Å². The maximum atomic E-state index is 13.5. The number of nitrogens with zero attached hydrogens (tertiary/aromatic N) is 3. The predicted molar refractivity (Wildman–Crippen MR) is 125 cm³/mol. The molecule has 0 bridgehead atoms. The fraction of sp³-hybridized carbons (Fsp3) is 0.240. The van der Waals surface area contributed by atoms with E-state index in [1.165, 1.54) is 11.7 Å². The maximum Gasteiger partial charge on any atom is 0.273 e. The summed E-state index contributed by atoms with van der Waals surface area (Å²) in [7, 11) is 1.53. The van der Waals surface area contributed by atoms with E-state index in [0.29, 0.717) is 33.7 Å². The van der Waals surface area contributed by atoms with Crippen molar-refractivity contribution in [3.8, 4) is 17.5 Å². The molecule has 0 atom stereocenters. The number of hydrogen-bond donors (Lipinski definition) is 0. The molecule has 0 aliphatic carbocycles. The van der Waals surface area contributed by atoms with Gasteiger partial charge in [0.05, 0.1) is 17.3 Å². The molecule has 1 aliphatic rings. The number of likely N-dealkylation sites (tertiary alicyclic amines) is 1. The zero-order valence-electron chi connectivity index (χ0n) is 18.0. The Bertz CT molecular complexity index is 1370. The molecule has 32 heavy (non-hydrogen) atoms. The molecule has 1 aliphatic heterocycles. The smallest absolute Gasteiger partial charge is 0.273 e. The van der Waals surface area contributed by atoms with Crippen molar-refractivity contribution in [1.29, 1.82) is 5.26 Å². The number of para-hydroxylation sites is 2. The first kappa shape index (κ1) is 21.6. The van der Waals surface area contributed by atoms with E-state index >= 15 is 0 Å². The van der Waals surface area contributed by atoms with Crippen LogP contribution in [0.1, 0.15) is 24.0 Å². The maximum absolute atomic E-state index is 13.5. The predicted octanol–water partition coefficient (Wildman–Crippen LogP) is 2.34. The third-order valence-electron chi connectivity index (χ3n) is 5.46. The molecule has 3 aromatic rings. The topological polar surface area (TPSA) is 75.3 Å². The van der Waals surface area contributed by atoms with Crippen LogP contribution in [0.3, 0.4) is 0 Å². The first-order valence-corrected chi connectivity index (χ1v) is 11.2. The summed E-state index contributed by atoms with van der Waals surface area (Å²) in [6.07, 6.45) is 3.62. The van der Waals surface area contributed by atoms with Gasteiger partial charge >= 0.3 is 0 Å². The second-order valence-electron chi connectivity index (χ2n) is 7.63. The van der Waals surface area contributed by atoms with Crippen molar-refractivity contribution in [2.24, 2.45) is 0 Å². The van der Waals surface area contributed by atoms with Gasteiger partial charge in [-0.3, -0.25) is 14.2 Å². The van der Waals surface area contributed by atoms with Gasteiger partial charge in [-0.1, -0.05) is 42.0 Å². The summed E-state index contributed by atoms with van der Waals surface area (Å²) >= 11 is 1.15. The van der Waals surface area contributed by atoms with Gasteiger partial charge in [-0.2, -0.15) is 5.26 Å². The Morgan fingerprint density at radius 1 is 1.12 bits per heavy atom. The first-order chi connectivity index (χ1) is 15.5. The normalized spacial score (nSPS) is 14.9. The fourth-order valence-corrected chi connectivity index (χ4v) is 4.85. The molecule has 1 fully saturated rings. The summed E-state index contributed by atoms with van der Waals surface area (Å²) in [6, 6.07) is 17.0. The molecule has 162 valence electrons. The highest BCUT2D eigenvalue weighted by molar-refractivity contribution is 7.07. The van der Waals surface area contributed by atoms with Crippen LogP contribution in [0, 0.1) is 18.3 Å². The van der Waals surface area contributed by atoms with Crippen LogP contribution >= 0.6 is 11.3 Å². The molecule has 7 heteroatoms. The lowest BCUT2D eigenvalue weighted by molar-refractivity contribution is -0.123. The molecule has 0 radical (unpaired) electrons. The molecular formula is C25H23N3O3S. The van der Waals surface area contributed by atoms with Gasteiger partial charge < -0.3 is 9.64 Å². The SMILES string of the molecule is COc1ccccc1-n1c(=O)/c(=C\c2ccc(C)cc2)s/c1=C(/C#N)C(=O)N1CCCC1. The Labute approximate surface area is 189 Å². The fourth-order valence-electron chi connectivity index (χ4n) is 3.76. The molecule has 0 saturated carbocycles. The van der Waals surface area contributed by atoms with Crippen molar-refractivity contribution < 1.29 is 9.53 Å². The van der Waals surface area contributed by atoms with Crippen LogP contribution in [0.2, 0.25) is 0 Å². The van der Waals surface area contributed by atoms with Gasteiger partial charge in [0.1, 0.15) is 16.5 Å². The quantitative estimate of drug-likeness (QED) is 0.618. The molecule has 1 aromatic heterocycles. The molecule has 1 amide bonds. The van der Waals surface area contributed by atoms with Gasteiger partial charge in [-0.15, -0.1) is 11.3 Å². The van der Waals surface area contributed by atoms with E-state index in [0.717, 1.165) is 35.3 Å². The van der Waals surface area contributed by atoms with Crippen molar-refractivity contribution in [2.45, 2.75) is 19.8 Å². The Morgan fingerprint density at radius 3 is 2.47 bits per heavy atom. The molecule has 6 nitrogen and oxygen atoms in total. The molecule has 2 aromatic carbocycles. The van der Waals surface area contributed by atoms with Crippen LogP contribution < -0.4 is 19.5 Å². The van der Waals surface area contributed by atoms with Crippen molar-refractivity contribution in [2.75, 3.05) is 20.2 Å². The molecule has 2 heterocycles. The van der Waals surface area contributed by atoms with Gasteiger partial charge in [0.25, 0.3) is 11.5 Å². The second-order valence-corrected chi connectivity index (χ2v) is 8.66. The number of carbonyl (C=O) groups excluding carboxylic acids is 1. The van der Waals surface area contributed by atoms with E-state index in [-0.39, 0.29) is 17.0 Å². The Hall–Kier alpha value is -3.63. The summed E-state index contributed by atoms with van der Waals surface area (Å²) in [6.45, 7) is 3.24. The van der Waals surface area contributed by atoms with E-state index < -0.39 is 0 Å². The minimum atomic E-state index is -0.336. The highest BCUT2D eigenvalue weighted by atomic mass is 32.1. The zero-order chi connectivity index (χ0) is 22.7. The van der Waals surface area contributed by atoms with Crippen molar-refractivity contribution in [3.05, 3.63) is 79.2 Å². The lowest BCUT2D eigenvalue weighted by atomic mass is 10.1. The molecule has 0 spiro atoms. The summed E-state index contributed by atoms with van der Waals surface area (Å²) < 4.78 is 7.66. The molecule has 0 N–H and O–H groups in total. The number of aromatic nitrogens is 1. The number of thiazole rings is 1. The van der Waals surface area contributed by atoms with Crippen molar-refractivity contribution in [1.82, 2.24) is 9.47 Å². The highest BCUT2D eigenvalue weighted by Gasteiger charge is 2.25. The number of hydrogen-bond acceptors (Lipinski definition) is 5. The van der Waals surface area contributed by atoms with Crippen LogP contribution in [0.5, 0.6) is 5.75 Å². The third-order valence-corrected chi connectivity index (χ3v) is 6.55. The number of carbonyl (C=O) groups is 1. The lowest BCUT2D eigenvalue weighted by Crippen LogP contribution is -2.35. The van der Waals surface area contributed by atoms with Crippen LogP contribution in [0.4, 0.5) is 0 Å². The number of aryl methyl sites for hydroxylation is 1. The van der Waals surface area contributed by atoms with E-state index in [9.17, 15) is 14.9 Å². The van der Waals surface area contributed by atoms with Crippen molar-refractivity contribution in [3.63, 3.8) is 0 Å². The van der Waals surface area contributed by atoms with Crippen molar-refractivity contribution >= 4 is 28.9 Å². The van der Waals surface area contributed by atoms with E-state index in [1.54, 1.807) is 29.2 Å².